The number of nitrogens with zero attached hydrogens (tertiary/aromatic N) is 2. The number of ether oxygens (including phenoxy) is 2. The van der Waals surface area contributed by atoms with Crippen molar-refractivity contribution in [1.82, 2.24) is 15.3 Å². The summed E-state index contributed by atoms with van der Waals surface area (Å²) < 4.78 is 11.0. The van der Waals surface area contributed by atoms with Crippen molar-refractivity contribution in [2.75, 3.05) is 25.6 Å². The Bertz CT molecular complexity index is 706. The van der Waals surface area contributed by atoms with E-state index in [-0.39, 0.29) is 6.03 Å². The largest absolute Gasteiger partial charge is 0.491 e. The average molecular weight is 334 g/mol. The molecule has 3 heterocycles. The van der Waals surface area contributed by atoms with E-state index in [0.29, 0.717) is 24.7 Å². The van der Waals surface area contributed by atoms with Crippen LogP contribution in [0.3, 0.4) is 0 Å². The van der Waals surface area contributed by atoms with Gasteiger partial charge < -0.3 is 14.8 Å². The Morgan fingerprint density at radius 3 is 3.26 bits per heavy atom. The quantitative estimate of drug-likeness (QED) is 0.895. The van der Waals surface area contributed by atoms with Gasteiger partial charge in [0.15, 0.2) is 11.6 Å². The first-order valence-electron chi connectivity index (χ1n) is 7.22. The van der Waals surface area contributed by atoms with Crippen molar-refractivity contribution in [3.63, 3.8) is 0 Å². The highest BCUT2D eigenvalue weighted by atomic mass is 32.1. The summed E-state index contributed by atoms with van der Waals surface area (Å²) in [6, 6.07) is 1.70. The number of fused-ring (bicyclic) bond motifs is 1. The fraction of sp³-hybridized carbons (Fsp3) is 0.400. The fourth-order valence-corrected chi connectivity index (χ4v) is 3.54. The Kier molecular flexibility index (Phi) is 4.44. The summed E-state index contributed by atoms with van der Waals surface area (Å²) in [5.41, 5.74) is 0.634. The van der Waals surface area contributed by atoms with Crippen LogP contribution < -0.4 is 15.4 Å². The first-order chi connectivity index (χ1) is 11.1. The van der Waals surface area contributed by atoms with Gasteiger partial charge in [0.05, 0.1) is 26.5 Å². The Balaban J connectivity index is 1.64. The van der Waals surface area contributed by atoms with Gasteiger partial charge in [0.2, 0.25) is 0 Å². The number of amides is 2. The normalized spacial score (nSPS) is 19.7. The van der Waals surface area contributed by atoms with E-state index in [9.17, 15) is 4.79 Å². The van der Waals surface area contributed by atoms with E-state index in [2.05, 4.69) is 32.0 Å². The molecular weight excluding hydrogens is 316 g/mol. The molecule has 0 radical (unpaired) electrons. The van der Waals surface area contributed by atoms with E-state index in [4.69, 9.17) is 9.47 Å². The van der Waals surface area contributed by atoms with Crippen LogP contribution in [0.2, 0.25) is 0 Å². The second-order valence-corrected chi connectivity index (χ2v) is 6.33. The minimum atomic E-state index is -0.513. The maximum absolute atomic E-state index is 12.1. The fourth-order valence-electron chi connectivity index (χ4n) is 2.56. The van der Waals surface area contributed by atoms with Crippen LogP contribution in [0.15, 0.2) is 24.0 Å². The highest BCUT2D eigenvalue weighted by Crippen LogP contribution is 2.35. The smallest absolute Gasteiger partial charge is 0.320 e. The number of carbonyl (C=O) groups excluding carboxylic acids is 1. The summed E-state index contributed by atoms with van der Waals surface area (Å²) in [5.74, 6) is 0.730. The number of anilines is 1. The zero-order valence-corrected chi connectivity index (χ0v) is 13.8. The van der Waals surface area contributed by atoms with Crippen LogP contribution >= 0.6 is 11.3 Å². The molecule has 0 fully saturated rings. The molecule has 0 saturated carbocycles. The van der Waals surface area contributed by atoms with Gasteiger partial charge in [-0.05, 0) is 23.9 Å². The van der Waals surface area contributed by atoms with Gasteiger partial charge in [0.1, 0.15) is 11.9 Å². The lowest BCUT2D eigenvalue weighted by Crippen LogP contribution is -2.44. The molecule has 0 bridgehead atoms. The molecule has 1 aliphatic heterocycles. The molecular formula is C15H18N4O3S. The topological polar surface area (TPSA) is 85.4 Å². The van der Waals surface area contributed by atoms with E-state index < -0.39 is 5.60 Å². The molecule has 2 aromatic rings. The van der Waals surface area contributed by atoms with Crippen LogP contribution in [0.25, 0.3) is 0 Å². The summed E-state index contributed by atoms with van der Waals surface area (Å²) in [6.07, 6.45) is 3.76. The molecule has 0 aromatic carbocycles. The standard InChI is InChI=1S/C15H18N4O3S/c1-15(10-4-6-23-12(10)3-5-22-15)8-17-14(20)19-13-11(21-2)7-16-9-18-13/h4,6-7,9H,3,5,8H2,1-2H3,(H2,16,17,18,19,20)/t15-/m0/s1. The maximum atomic E-state index is 12.1. The Labute approximate surface area is 138 Å². The molecule has 1 atom stereocenters. The average Bonchev–Trinajstić information content (AvgIpc) is 3.04. The monoisotopic (exact) mass is 334 g/mol. The number of carbonyl (C=O) groups is 1. The molecule has 0 saturated heterocycles. The lowest BCUT2D eigenvalue weighted by Gasteiger charge is -2.34. The van der Waals surface area contributed by atoms with Crippen LogP contribution in [-0.2, 0) is 16.8 Å². The third kappa shape index (κ3) is 3.27. The van der Waals surface area contributed by atoms with E-state index in [1.54, 1.807) is 11.3 Å². The number of aromatic nitrogens is 2. The van der Waals surface area contributed by atoms with E-state index in [0.717, 1.165) is 12.0 Å². The lowest BCUT2D eigenvalue weighted by molar-refractivity contribution is -0.0416. The molecule has 8 heteroatoms. The minimum absolute atomic E-state index is 0.325. The summed E-state index contributed by atoms with van der Waals surface area (Å²) in [5, 5.41) is 7.55. The van der Waals surface area contributed by atoms with Crippen molar-refractivity contribution in [2.45, 2.75) is 18.9 Å². The number of thiophene rings is 1. The van der Waals surface area contributed by atoms with Crippen molar-refractivity contribution in [1.29, 1.82) is 0 Å². The minimum Gasteiger partial charge on any atom is -0.491 e. The molecule has 0 unspecified atom stereocenters. The lowest BCUT2D eigenvalue weighted by atomic mass is 9.93. The number of urea groups is 1. The van der Waals surface area contributed by atoms with Gasteiger partial charge in [-0.15, -0.1) is 11.3 Å². The summed E-state index contributed by atoms with van der Waals surface area (Å²) in [7, 11) is 1.50. The molecule has 2 amide bonds. The summed E-state index contributed by atoms with van der Waals surface area (Å²) in [4.78, 5) is 21.3. The number of hydrogen-bond donors (Lipinski definition) is 2. The summed E-state index contributed by atoms with van der Waals surface area (Å²) >= 11 is 1.73. The third-order valence-electron chi connectivity index (χ3n) is 3.78. The first-order valence-corrected chi connectivity index (χ1v) is 8.10. The molecule has 1 aliphatic rings. The predicted molar refractivity (Wildman–Crippen MR) is 86.9 cm³/mol. The van der Waals surface area contributed by atoms with Crippen molar-refractivity contribution in [2.24, 2.45) is 0 Å². The van der Waals surface area contributed by atoms with Crippen molar-refractivity contribution in [3.05, 3.63) is 34.4 Å². The van der Waals surface area contributed by atoms with Gasteiger partial charge in [0, 0.05) is 11.3 Å². The SMILES string of the molecule is COc1cncnc1NC(=O)NC[C@]1(C)OCCc2sccc21. The van der Waals surface area contributed by atoms with Crippen LogP contribution in [-0.4, -0.2) is 36.3 Å². The second kappa shape index (κ2) is 6.51. The number of nitrogens with one attached hydrogen (secondary N) is 2. The van der Waals surface area contributed by atoms with Crippen molar-refractivity contribution in [3.8, 4) is 5.75 Å². The molecule has 7 nitrogen and oxygen atoms in total. The second-order valence-electron chi connectivity index (χ2n) is 5.33. The Hall–Kier alpha value is -2.19. The van der Waals surface area contributed by atoms with Crippen LogP contribution in [0.1, 0.15) is 17.4 Å². The van der Waals surface area contributed by atoms with Gasteiger partial charge in [-0.1, -0.05) is 0 Å². The number of rotatable bonds is 4. The zero-order valence-electron chi connectivity index (χ0n) is 13.0. The zero-order chi connectivity index (χ0) is 16.3. The molecule has 23 heavy (non-hydrogen) atoms. The maximum Gasteiger partial charge on any atom is 0.320 e. The van der Waals surface area contributed by atoms with Gasteiger partial charge in [-0.25, -0.2) is 14.8 Å². The van der Waals surface area contributed by atoms with Crippen LogP contribution in [0.4, 0.5) is 10.6 Å². The number of hydrogen-bond acceptors (Lipinski definition) is 6. The van der Waals surface area contributed by atoms with Gasteiger partial charge in [-0.2, -0.15) is 0 Å². The van der Waals surface area contributed by atoms with Crippen LogP contribution in [0.5, 0.6) is 5.75 Å². The predicted octanol–water partition coefficient (Wildman–Crippen LogP) is 2.16. The third-order valence-corrected chi connectivity index (χ3v) is 4.76. The first kappa shape index (κ1) is 15.7. The van der Waals surface area contributed by atoms with Crippen molar-refractivity contribution < 1.29 is 14.3 Å². The molecule has 3 rings (SSSR count). The molecule has 0 aliphatic carbocycles. The van der Waals surface area contributed by atoms with Gasteiger partial charge in [-0.3, -0.25) is 5.32 Å². The van der Waals surface area contributed by atoms with E-state index in [1.165, 1.54) is 24.5 Å². The molecule has 122 valence electrons. The highest BCUT2D eigenvalue weighted by molar-refractivity contribution is 7.10. The molecule has 2 N–H and O–H groups in total. The summed E-state index contributed by atoms with van der Waals surface area (Å²) in [6.45, 7) is 3.02. The Morgan fingerprint density at radius 1 is 1.57 bits per heavy atom. The van der Waals surface area contributed by atoms with Crippen LogP contribution in [0, 0.1) is 0 Å². The van der Waals surface area contributed by atoms with Gasteiger partial charge >= 0.3 is 6.03 Å². The van der Waals surface area contributed by atoms with Crippen molar-refractivity contribution >= 4 is 23.2 Å². The van der Waals surface area contributed by atoms with Gasteiger partial charge in [0.25, 0.3) is 0 Å². The van der Waals surface area contributed by atoms with E-state index >= 15 is 0 Å². The highest BCUT2D eigenvalue weighted by Gasteiger charge is 2.34. The molecule has 0 spiro atoms. The molecule has 2 aromatic heterocycles. The Morgan fingerprint density at radius 2 is 2.43 bits per heavy atom. The number of methoxy groups -OCH3 is 1. The van der Waals surface area contributed by atoms with E-state index in [1.807, 2.05) is 6.92 Å².